The van der Waals surface area contributed by atoms with Crippen LogP contribution in [0.4, 0.5) is 5.95 Å². The second-order valence-electron chi connectivity index (χ2n) is 6.80. The molecular formula is C23H17N7. The topological polar surface area (TPSA) is 92.6 Å². The third kappa shape index (κ3) is 3.56. The third-order valence-electron chi connectivity index (χ3n) is 4.70. The van der Waals surface area contributed by atoms with E-state index in [4.69, 9.17) is 4.98 Å². The molecule has 0 radical (unpaired) electrons. The van der Waals surface area contributed by atoms with E-state index >= 15 is 0 Å². The molecule has 7 nitrogen and oxygen atoms in total. The molecule has 5 aromatic rings. The lowest BCUT2D eigenvalue weighted by atomic mass is 10.1. The van der Waals surface area contributed by atoms with Crippen molar-refractivity contribution in [1.29, 1.82) is 0 Å². The zero-order valence-corrected chi connectivity index (χ0v) is 16.2. The number of benzene rings is 1. The Kier molecular flexibility index (Phi) is 4.53. The molecule has 1 aromatic carbocycles. The second kappa shape index (κ2) is 7.63. The van der Waals surface area contributed by atoms with E-state index in [0.29, 0.717) is 11.6 Å². The molecule has 4 aromatic heterocycles. The number of aryl methyl sites for hydroxylation is 1. The van der Waals surface area contributed by atoms with Crippen LogP contribution in [0.3, 0.4) is 0 Å². The molecule has 0 aliphatic carbocycles. The summed E-state index contributed by atoms with van der Waals surface area (Å²) in [4.78, 5) is 29.6. The number of aromatic amines is 1. The van der Waals surface area contributed by atoms with Gasteiger partial charge in [0.1, 0.15) is 6.33 Å². The minimum atomic E-state index is 0.359. The summed E-state index contributed by atoms with van der Waals surface area (Å²) >= 11 is 0. The molecule has 0 saturated heterocycles. The fourth-order valence-electron chi connectivity index (χ4n) is 3.18. The number of nitrogens with one attached hydrogen (secondary N) is 1. The van der Waals surface area contributed by atoms with Gasteiger partial charge in [-0.15, -0.1) is 0 Å². The van der Waals surface area contributed by atoms with Gasteiger partial charge in [0.15, 0.2) is 0 Å². The van der Waals surface area contributed by atoms with Crippen molar-refractivity contribution in [3.05, 3.63) is 84.8 Å². The molecule has 0 amide bonds. The number of para-hydroxylation sites is 1. The molecule has 5 rings (SSSR count). The molecular weight excluding hydrogens is 374 g/mol. The van der Waals surface area contributed by atoms with E-state index in [1.807, 2.05) is 49.5 Å². The Bertz CT molecular complexity index is 1340. The van der Waals surface area contributed by atoms with Gasteiger partial charge in [-0.3, -0.25) is 4.98 Å². The maximum atomic E-state index is 4.69. The summed E-state index contributed by atoms with van der Waals surface area (Å²) in [6, 6.07) is 13.9. The molecule has 0 fully saturated rings. The molecule has 0 unspecified atom stereocenters. The molecule has 144 valence electrons. The first kappa shape index (κ1) is 17.8. The van der Waals surface area contributed by atoms with Crippen LogP contribution in [0.5, 0.6) is 0 Å². The highest BCUT2D eigenvalue weighted by Crippen LogP contribution is 2.30. The number of hydrogen-bond donors (Lipinski definition) is 1. The Morgan fingerprint density at radius 1 is 0.933 bits per heavy atom. The molecule has 0 bridgehead atoms. The first-order valence-electron chi connectivity index (χ1n) is 9.44. The van der Waals surface area contributed by atoms with Gasteiger partial charge in [-0.1, -0.05) is 24.3 Å². The molecule has 0 saturated carbocycles. The molecule has 30 heavy (non-hydrogen) atoms. The fraction of sp³-hybridized carbons (Fsp3) is 0.0435. The molecule has 4 heterocycles. The summed E-state index contributed by atoms with van der Waals surface area (Å²) < 4.78 is 0. The van der Waals surface area contributed by atoms with Crippen molar-refractivity contribution in [2.45, 2.75) is 6.92 Å². The molecule has 0 aliphatic heterocycles. The number of nitrogens with zero attached hydrogens (tertiary/aromatic N) is 6. The van der Waals surface area contributed by atoms with Gasteiger partial charge in [0, 0.05) is 64.3 Å². The van der Waals surface area contributed by atoms with Gasteiger partial charge in [-0.25, -0.2) is 24.9 Å². The number of H-pyrrole nitrogens is 1. The highest BCUT2D eigenvalue weighted by molar-refractivity contribution is 5.95. The van der Waals surface area contributed by atoms with E-state index < -0.39 is 0 Å². The Morgan fingerprint density at radius 2 is 1.77 bits per heavy atom. The first-order valence-corrected chi connectivity index (χ1v) is 9.44. The van der Waals surface area contributed by atoms with Crippen molar-refractivity contribution >= 4 is 23.1 Å². The molecule has 1 N–H and O–H groups in total. The van der Waals surface area contributed by atoms with Gasteiger partial charge in [-0.05, 0) is 25.1 Å². The lowest BCUT2D eigenvalue weighted by molar-refractivity contribution is 1.12. The van der Waals surface area contributed by atoms with Crippen LogP contribution in [0.15, 0.2) is 78.6 Å². The Morgan fingerprint density at radius 3 is 2.60 bits per heavy atom. The second-order valence-corrected chi connectivity index (χ2v) is 6.80. The van der Waals surface area contributed by atoms with Crippen LogP contribution in [0.2, 0.25) is 0 Å². The summed E-state index contributed by atoms with van der Waals surface area (Å²) in [5, 5.41) is 1.09. The van der Waals surface area contributed by atoms with Crippen LogP contribution >= 0.6 is 0 Å². The maximum Gasteiger partial charge on any atom is 0.250 e. The van der Waals surface area contributed by atoms with Crippen molar-refractivity contribution in [2.75, 3.05) is 0 Å². The van der Waals surface area contributed by atoms with Gasteiger partial charge >= 0.3 is 0 Å². The zero-order chi connectivity index (χ0) is 20.3. The largest absolute Gasteiger partial charge is 0.360 e. The van der Waals surface area contributed by atoms with Crippen molar-refractivity contribution < 1.29 is 0 Å². The van der Waals surface area contributed by atoms with Crippen molar-refractivity contribution in [2.24, 2.45) is 4.99 Å². The molecule has 7 heteroatoms. The van der Waals surface area contributed by atoms with Gasteiger partial charge in [0.05, 0.1) is 11.4 Å². The summed E-state index contributed by atoms with van der Waals surface area (Å²) in [6.45, 7) is 1.95. The SMILES string of the molecule is Cc1ccc(/C=N/c2nc(-c3cncnc3)cc(-c3c[nH]c4ccccc34)n2)cn1. The van der Waals surface area contributed by atoms with E-state index in [9.17, 15) is 0 Å². The van der Waals surface area contributed by atoms with Crippen LogP contribution in [0, 0.1) is 6.92 Å². The van der Waals surface area contributed by atoms with Crippen LogP contribution < -0.4 is 0 Å². The van der Waals surface area contributed by atoms with E-state index in [1.54, 1.807) is 24.8 Å². The molecule has 0 spiro atoms. The predicted octanol–water partition coefficient (Wildman–Crippen LogP) is 4.54. The Balaban J connectivity index is 1.63. The van der Waals surface area contributed by atoms with E-state index in [1.165, 1.54) is 6.33 Å². The quantitative estimate of drug-likeness (QED) is 0.454. The maximum absolute atomic E-state index is 4.69. The lowest BCUT2D eigenvalue weighted by Crippen LogP contribution is -1.93. The van der Waals surface area contributed by atoms with Gasteiger partial charge in [-0.2, -0.15) is 0 Å². The zero-order valence-electron chi connectivity index (χ0n) is 16.2. The van der Waals surface area contributed by atoms with Gasteiger partial charge in [0.2, 0.25) is 5.95 Å². The number of pyridine rings is 1. The fourth-order valence-corrected chi connectivity index (χ4v) is 3.18. The van der Waals surface area contributed by atoms with E-state index in [-0.39, 0.29) is 0 Å². The van der Waals surface area contributed by atoms with E-state index in [0.717, 1.165) is 39.0 Å². The minimum Gasteiger partial charge on any atom is -0.360 e. The highest BCUT2D eigenvalue weighted by atomic mass is 15.0. The summed E-state index contributed by atoms with van der Waals surface area (Å²) in [5.41, 5.74) is 6.15. The summed E-state index contributed by atoms with van der Waals surface area (Å²) in [5.74, 6) is 0.359. The lowest BCUT2D eigenvalue weighted by Gasteiger charge is -2.05. The van der Waals surface area contributed by atoms with Crippen molar-refractivity contribution in [3.63, 3.8) is 0 Å². The number of rotatable bonds is 4. The molecule has 0 aliphatic rings. The third-order valence-corrected chi connectivity index (χ3v) is 4.70. The standard InChI is InChI=1S/C23H17N7/c1-15-6-7-16(9-26-15)10-28-23-29-21(17-11-24-14-25-12-17)8-22(30-23)19-13-27-20-5-3-2-4-18(19)20/h2-14,27H,1H3/b28-10+. The number of aliphatic imine (C=N–C) groups is 1. The van der Waals surface area contributed by atoms with Gasteiger partial charge in [0.25, 0.3) is 0 Å². The van der Waals surface area contributed by atoms with Crippen LogP contribution in [0.25, 0.3) is 33.4 Å². The summed E-state index contributed by atoms with van der Waals surface area (Å²) in [6.07, 6.45) is 10.4. The Hall–Kier alpha value is -4.26. The monoisotopic (exact) mass is 391 g/mol. The average Bonchev–Trinajstić information content (AvgIpc) is 3.23. The van der Waals surface area contributed by atoms with E-state index in [2.05, 4.69) is 36.0 Å². The number of hydrogen-bond acceptors (Lipinski definition) is 6. The summed E-state index contributed by atoms with van der Waals surface area (Å²) in [7, 11) is 0. The van der Waals surface area contributed by atoms with Crippen LogP contribution in [-0.2, 0) is 0 Å². The first-order chi connectivity index (χ1) is 14.8. The minimum absolute atomic E-state index is 0.359. The van der Waals surface area contributed by atoms with Crippen molar-refractivity contribution in [3.8, 4) is 22.5 Å². The van der Waals surface area contributed by atoms with Crippen molar-refractivity contribution in [1.82, 2.24) is 29.9 Å². The normalized spacial score (nSPS) is 11.4. The number of fused-ring (bicyclic) bond motifs is 1. The Labute approximate surface area is 172 Å². The van der Waals surface area contributed by atoms with Crippen LogP contribution in [-0.4, -0.2) is 36.1 Å². The van der Waals surface area contributed by atoms with Gasteiger partial charge < -0.3 is 4.98 Å². The smallest absolute Gasteiger partial charge is 0.250 e. The molecule has 0 atom stereocenters. The highest BCUT2D eigenvalue weighted by Gasteiger charge is 2.12. The average molecular weight is 391 g/mol. The number of aromatic nitrogens is 6. The predicted molar refractivity (Wildman–Crippen MR) is 117 cm³/mol. The van der Waals surface area contributed by atoms with Crippen LogP contribution in [0.1, 0.15) is 11.3 Å².